The molecule has 4 nitrogen and oxygen atoms in total. The third-order valence-electron chi connectivity index (χ3n) is 4.50. The van der Waals surface area contributed by atoms with Gasteiger partial charge < -0.3 is 19.5 Å². The first kappa shape index (κ1) is 18.6. The van der Waals surface area contributed by atoms with E-state index in [0.29, 0.717) is 6.61 Å². The average molecular weight is 355 g/mol. The summed E-state index contributed by atoms with van der Waals surface area (Å²) in [6.07, 6.45) is 4.74. The first-order valence-electron chi connectivity index (χ1n) is 9.63. The van der Waals surface area contributed by atoms with Crippen LogP contribution in [0, 0.1) is 0 Å². The van der Waals surface area contributed by atoms with Crippen molar-refractivity contribution in [3.63, 3.8) is 0 Å². The summed E-state index contributed by atoms with van der Waals surface area (Å²) in [6.45, 7) is 5.24. The van der Waals surface area contributed by atoms with Crippen molar-refractivity contribution in [3.8, 4) is 11.5 Å². The molecule has 0 aromatic heterocycles. The van der Waals surface area contributed by atoms with E-state index >= 15 is 0 Å². The molecule has 1 N–H and O–H groups in total. The second kappa shape index (κ2) is 10.1. The molecule has 4 heteroatoms. The highest BCUT2D eigenvalue weighted by Gasteiger charge is 2.15. The molecule has 0 bridgehead atoms. The largest absolute Gasteiger partial charge is 0.494 e. The van der Waals surface area contributed by atoms with E-state index in [1.165, 1.54) is 5.56 Å². The molecule has 1 heterocycles. The second-order valence-corrected chi connectivity index (χ2v) is 6.67. The van der Waals surface area contributed by atoms with Gasteiger partial charge in [0.05, 0.1) is 12.7 Å². The molecule has 1 fully saturated rings. The Morgan fingerprint density at radius 2 is 1.73 bits per heavy atom. The predicted molar refractivity (Wildman–Crippen MR) is 105 cm³/mol. The summed E-state index contributed by atoms with van der Waals surface area (Å²) in [5.74, 6) is 1.83. The molecule has 26 heavy (non-hydrogen) atoms. The van der Waals surface area contributed by atoms with Gasteiger partial charge in [0.2, 0.25) is 0 Å². The van der Waals surface area contributed by atoms with E-state index in [2.05, 4.69) is 36.5 Å². The van der Waals surface area contributed by atoms with Gasteiger partial charge in [-0.05, 0) is 61.2 Å². The first-order chi connectivity index (χ1) is 12.8. The summed E-state index contributed by atoms with van der Waals surface area (Å²) in [7, 11) is 0. The minimum absolute atomic E-state index is 0.255. The molecule has 1 aliphatic heterocycles. The number of unbranched alkanes of at least 4 members (excludes halogenated alkanes) is 1. The SMILES string of the molecule is CCCCOc1ccc(NCc2ccc(OCC3CCCO3)cc2)cc1. The Morgan fingerprint density at radius 3 is 2.42 bits per heavy atom. The summed E-state index contributed by atoms with van der Waals surface area (Å²) in [4.78, 5) is 0. The highest BCUT2D eigenvalue weighted by molar-refractivity contribution is 5.47. The van der Waals surface area contributed by atoms with Crippen molar-refractivity contribution in [2.45, 2.75) is 45.3 Å². The smallest absolute Gasteiger partial charge is 0.119 e. The lowest BCUT2D eigenvalue weighted by Gasteiger charge is -2.12. The van der Waals surface area contributed by atoms with Crippen molar-refractivity contribution >= 4 is 5.69 Å². The lowest BCUT2D eigenvalue weighted by molar-refractivity contribution is 0.0679. The zero-order valence-corrected chi connectivity index (χ0v) is 15.6. The summed E-state index contributed by atoms with van der Waals surface area (Å²) in [5, 5.41) is 3.44. The van der Waals surface area contributed by atoms with Crippen LogP contribution >= 0.6 is 0 Å². The van der Waals surface area contributed by atoms with Gasteiger partial charge in [0, 0.05) is 18.8 Å². The van der Waals surface area contributed by atoms with Crippen LogP contribution in [0.5, 0.6) is 11.5 Å². The Labute approximate surface area is 156 Å². The van der Waals surface area contributed by atoms with Crippen molar-refractivity contribution in [3.05, 3.63) is 54.1 Å². The molecule has 0 amide bonds. The average Bonchev–Trinajstić information content (AvgIpc) is 3.20. The van der Waals surface area contributed by atoms with Crippen LogP contribution in [0.4, 0.5) is 5.69 Å². The highest BCUT2D eigenvalue weighted by atomic mass is 16.5. The number of anilines is 1. The molecule has 0 aliphatic carbocycles. The standard InChI is InChI=1S/C22H29NO3/c1-2-3-14-24-20-12-8-19(9-13-20)23-16-18-6-10-21(11-7-18)26-17-22-5-4-15-25-22/h6-13,22-23H,2-5,14-17H2,1H3. The van der Waals surface area contributed by atoms with Gasteiger partial charge in [-0.1, -0.05) is 25.5 Å². The van der Waals surface area contributed by atoms with E-state index < -0.39 is 0 Å². The van der Waals surface area contributed by atoms with Gasteiger partial charge in [0.1, 0.15) is 18.1 Å². The van der Waals surface area contributed by atoms with Gasteiger partial charge in [0.15, 0.2) is 0 Å². The third-order valence-corrected chi connectivity index (χ3v) is 4.50. The number of ether oxygens (including phenoxy) is 3. The van der Waals surface area contributed by atoms with Gasteiger partial charge in [0.25, 0.3) is 0 Å². The zero-order valence-electron chi connectivity index (χ0n) is 15.6. The normalized spacial score (nSPS) is 16.4. The summed E-state index contributed by atoms with van der Waals surface area (Å²) >= 11 is 0. The van der Waals surface area contributed by atoms with Gasteiger partial charge in [-0.15, -0.1) is 0 Å². The van der Waals surface area contributed by atoms with Crippen LogP contribution < -0.4 is 14.8 Å². The zero-order chi connectivity index (χ0) is 18.0. The Balaban J connectivity index is 1.41. The van der Waals surface area contributed by atoms with Gasteiger partial charge in [-0.3, -0.25) is 0 Å². The molecule has 0 radical (unpaired) electrons. The fourth-order valence-corrected chi connectivity index (χ4v) is 2.88. The van der Waals surface area contributed by atoms with E-state index in [0.717, 1.165) is 62.6 Å². The monoisotopic (exact) mass is 355 g/mol. The number of hydrogen-bond acceptors (Lipinski definition) is 4. The number of benzene rings is 2. The summed E-state index contributed by atoms with van der Waals surface area (Å²) < 4.78 is 17.1. The van der Waals surface area contributed by atoms with E-state index in [9.17, 15) is 0 Å². The molecule has 1 aliphatic rings. The lowest BCUT2D eigenvalue weighted by Crippen LogP contribution is -2.16. The quantitative estimate of drug-likeness (QED) is 0.606. The molecule has 0 saturated carbocycles. The maximum Gasteiger partial charge on any atom is 0.119 e. The number of nitrogens with one attached hydrogen (secondary N) is 1. The van der Waals surface area contributed by atoms with Crippen molar-refractivity contribution in [2.24, 2.45) is 0 Å². The number of rotatable bonds is 10. The molecule has 3 rings (SSSR count). The molecule has 2 aromatic rings. The van der Waals surface area contributed by atoms with E-state index in [4.69, 9.17) is 14.2 Å². The topological polar surface area (TPSA) is 39.7 Å². The fourth-order valence-electron chi connectivity index (χ4n) is 2.88. The molecule has 1 atom stereocenters. The Bertz CT molecular complexity index is 633. The summed E-state index contributed by atoms with van der Waals surface area (Å²) in [6, 6.07) is 16.4. The van der Waals surface area contributed by atoms with Gasteiger partial charge >= 0.3 is 0 Å². The maximum absolute atomic E-state index is 5.80. The fraction of sp³-hybridized carbons (Fsp3) is 0.455. The van der Waals surface area contributed by atoms with Crippen molar-refractivity contribution < 1.29 is 14.2 Å². The Kier molecular flexibility index (Phi) is 7.20. The molecule has 0 spiro atoms. The molecule has 1 saturated heterocycles. The van der Waals surface area contributed by atoms with Crippen LogP contribution in [0.3, 0.4) is 0 Å². The highest BCUT2D eigenvalue weighted by Crippen LogP contribution is 2.19. The van der Waals surface area contributed by atoms with Crippen molar-refractivity contribution in [1.82, 2.24) is 0 Å². The van der Waals surface area contributed by atoms with E-state index in [-0.39, 0.29) is 6.10 Å². The predicted octanol–water partition coefficient (Wildman–Crippen LogP) is 5.04. The van der Waals surface area contributed by atoms with E-state index in [1.54, 1.807) is 0 Å². The van der Waals surface area contributed by atoms with Gasteiger partial charge in [-0.25, -0.2) is 0 Å². The van der Waals surface area contributed by atoms with Crippen molar-refractivity contribution in [2.75, 3.05) is 25.1 Å². The molecular weight excluding hydrogens is 326 g/mol. The lowest BCUT2D eigenvalue weighted by atomic mass is 10.2. The van der Waals surface area contributed by atoms with E-state index in [1.807, 2.05) is 24.3 Å². The van der Waals surface area contributed by atoms with Crippen LogP contribution in [-0.4, -0.2) is 25.9 Å². The maximum atomic E-state index is 5.80. The Morgan fingerprint density at radius 1 is 1.00 bits per heavy atom. The molecule has 1 unspecified atom stereocenters. The van der Waals surface area contributed by atoms with Crippen molar-refractivity contribution in [1.29, 1.82) is 0 Å². The number of hydrogen-bond donors (Lipinski definition) is 1. The summed E-state index contributed by atoms with van der Waals surface area (Å²) in [5.41, 5.74) is 2.31. The first-order valence-corrected chi connectivity index (χ1v) is 9.63. The van der Waals surface area contributed by atoms with Gasteiger partial charge in [-0.2, -0.15) is 0 Å². The van der Waals surface area contributed by atoms with Crippen LogP contribution in [0.1, 0.15) is 38.2 Å². The molecular formula is C22H29NO3. The van der Waals surface area contributed by atoms with Crippen LogP contribution in [0.15, 0.2) is 48.5 Å². The second-order valence-electron chi connectivity index (χ2n) is 6.67. The molecule has 2 aromatic carbocycles. The minimum atomic E-state index is 0.255. The van der Waals surface area contributed by atoms with Crippen LogP contribution in [-0.2, 0) is 11.3 Å². The third kappa shape index (κ3) is 5.95. The molecule has 140 valence electrons. The van der Waals surface area contributed by atoms with Crippen LogP contribution in [0.2, 0.25) is 0 Å². The minimum Gasteiger partial charge on any atom is -0.494 e. The Hall–Kier alpha value is -2.20. The van der Waals surface area contributed by atoms with Crippen LogP contribution in [0.25, 0.3) is 0 Å².